The summed E-state index contributed by atoms with van der Waals surface area (Å²) in [6, 6.07) is 7.60. The number of hydrogen-bond donors (Lipinski definition) is 2. The van der Waals surface area contributed by atoms with Crippen LogP contribution in [0.4, 0.5) is 10.1 Å². The van der Waals surface area contributed by atoms with Crippen LogP contribution in [-0.4, -0.2) is 48.9 Å². The zero-order valence-electron chi connectivity index (χ0n) is 17.3. The number of carboxylic acid groups (broad SMARTS) is 1. The number of carbonyl (C=O) groups is 1. The van der Waals surface area contributed by atoms with Crippen LogP contribution in [-0.2, 0) is 16.0 Å². The molecule has 7 nitrogen and oxygen atoms in total. The van der Waals surface area contributed by atoms with Gasteiger partial charge in [-0.25, -0.2) is 9.37 Å². The zero-order chi connectivity index (χ0) is 21.5. The van der Waals surface area contributed by atoms with Crippen molar-refractivity contribution in [1.29, 1.82) is 0 Å². The molecule has 2 N–H and O–H groups in total. The number of morpholine rings is 1. The second kappa shape index (κ2) is 7.94. The maximum atomic E-state index is 15.2. The minimum Gasteiger partial charge on any atom is -0.480 e. The lowest BCUT2D eigenvalue weighted by Gasteiger charge is -2.30. The molecule has 0 spiro atoms. The summed E-state index contributed by atoms with van der Waals surface area (Å²) < 4.78 is 26.6. The summed E-state index contributed by atoms with van der Waals surface area (Å²) in [5.74, 6) is -0.942. The number of benzene rings is 2. The summed E-state index contributed by atoms with van der Waals surface area (Å²) in [6.07, 6.45) is 1.19. The highest BCUT2D eigenvalue weighted by atomic mass is 19.1. The first-order chi connectivity index (χ1) is 15.0. The first kappa shape index (κ1) is 20.0. The van der Waals surface area contributed by atoms with E-state index in [1.165, 1.54) is 0 Å². The molecule has 8 heteroatoms. The Hall–Kier alpha value is -2.97. The highest BCUT2D eigenvalue weighted by Gasteiger charge is 2.29. The molecule has 1 saturated heterocycles. The van der Waals surface area contributed by atoms with Crippen molar-refractivity contribution in [3.8, 4) is 11.5 Å². The second-order valence-electron chi connectivity index (χ2n) is 8.04. The summed E-state index contributed by atoms with van der Waals surface area (Å²) in [6.45, 7) is 4.90. The Bertz CT molecular complexity index is 1150. The summed E-state index contributed by atoms with van der Waals surface area (Å²) in [5, 5.41) is 11.9. The number of fused-ring (bicyclic) bond motifs is 2. The number of aromatic nitrogens is 1. The number of rotatable bonds is 5. The molecule has 1 aliphatic heterocycles. The minimum absolute atomic E-state index is 0.156. The van der Waals surface area contributed by atoms with Crippen LogP contribution in [0.2, 0.25) is 0 Å². The summed E-state index contributed by atoms with van der Waals surface area (Å²) in [5.41, 5.74) is 4.92. The predicted molar refractivity (Wildman–Crippen MR) is 114 cm³/mol. The van der Waals surface area contributed by atoms with Gasteiger partial charge in [0.2, 0.25) is 5.89 Å². The molecule has 162 valence electrons. The standard InChI is InChI=1S/C23H24FN3O4/c1-13-14(3-2-4-19(13)27-7-9-30-10-8-27)23-26-18-11-16-15(21(24)22(18)31-23)5-6-17(16)25-12-20(28)29/h2-4,11,17,25H,5-10,12H2,1H3,(H,28,29)/t17-/m1/s1. The number of nitrogens with one attached hydrogen (secondary N) is 1. The van der Waals surface area contributed by atoms with Gasteiger partial charge in [-0.1, -0.05) is 6.07 Å². The van der Waals surface area contributed by atoms with Crippen molar-refractivity contribution < 1.29 is 23.4 Å². The Kier molecular flexibility index (Phi) is 5.11. The van der Waals surface area contributed by atoms with Crippen LogP contribution in [0.1, 0.15) is 29.2 Å². The number of ether oxygens (including phenoxy) is 1. The highest BCUT2D eigenvalue weighted by Crippen LogP contribution is 2.39. The van der Waals surface area contributed by atoms with Gasteiger partial charge in [0.25, 0.3) is 0 Å². The van der Waals surface area contributed by atoms with Crippen LogP contribution in [0.15, 0.2) is 28.7 Å². The number of nitrogens with zero attached hydrogens (tertiary/aromatic N) is 2. The molecule has 1 aliphatic carbocycles. The normalized spacial score (nSPS) is 18.5. The Morgan fingerprint density at radius 1 is 1.35 bits per heavy atom. The zero-order valence-corrected chi connectivity index (χ0v) is 17.3. The third-order valence-electron chi connectivity index (χ3n) is 6.20. The van der Waals surface area contributed by atoms with Crippen molar-refractivity contribution >= 4 is 22.8 Å². The van der Waals surface area contributed by atoms with Crippen LogP contribution >= 0.6 is 0 Å². The Morgan fingerprint density at radius 3 is 2.94 bits per heavy atom. The second-order valence-corrected chi connectivity index (χ2v) is 8.04. The molecule has 1 fully saturated rings. The molecular formula is C23H24FN3O4. The van der Waals surface area contributed by atoms with E-state index < -0.39 is 11.8 Å². The van der Waals surface area contributed by atoms with Crippen LogP contribution < -0.4 is 10.2 Å². The van der Waals surface area contributed by atoms with Gasteiger partial charge in [-0.05, 0) is 54.7 Å². The van der Waals surface area contributed by atoms with Gasteiger partial charge in [0, 0.05) is 30.4 Å². The minimum atomic E-state index is -0.936. The number of carboxylic acids is 1. The molecule has 0 amide bonds. The fraction of sp³-hybridized carbons (Fsp3) is 0.391. The molecule has 31 heavy (non-hydrogen) atoms. The van der Waals surface area contributed by atoms with E-state index in [1.807, 2.05) is 25.1 Å². The van der Waals surface area contributed by atoms with E-state index >= 15 is 4.39 Å². The van der Waals surface area contributed by atoms with Gasteiger partial charge in [-0.15, -0.1) is 0 Å². The largest absolute Gasteiger partial charge is 0.480 e. The quantitative estimate of drug-likeness (QED) is 0.647. The maximum absolute atomic E-state index is 15.2. The van der Waals surface area contributed by atoms with Crippen molar-refractivity contribution in [2.24, 2.45) is 0 Å². The van der Waals surface area contributed by atoms with Gasteiger partial charge in [0.1, 0.15) is 5.52 Å². The topological polar surface area (TPSA) is 87.8 Å². The van der Waals surface area contributed by atoms with Gasteiger partial charge >= 0.3 is 5.97 Å². The number of anilines is 1. The predicted octanol–water partition coefficient (Wildman–Crippen LogP) is 3.44. The van der Waals surface area contributed by atoms with E-state index in [4.69, 9.17) is 14.3 Å². The van der Waals surface area contributed by atoms with E-state index in [1.54, 1.807) is 0 Å². The van der Waals surface area contributed by atoms with Crippen molar-refractivity contribution in [3.05, 3.63) is 46.8 Å². The van der Waals surface area contributed by atoms with E-state index in [2.05, 4.69) is 21.3 Å². The summed E-state index contributed by atoms with van der Waals surface area (Å²) in [4.78, 5) is 17.8. The van der Waals surface area contributed by atoms with Crippen molar-refractivity contribution in [3.63, 3.8) is 0 Å². The van der Waals surface area contributed by atoms with Crippen LogP contribution in [0.5, 0.6) is 0 Å². The molecule has 2 heterocycles. The third kappa shape index (κ3) is 3.55. The lowest BCUT2D eigenvalue weighted by molar-refractivity contribution is -0.136. The molecule has 0 saturated carbocycles. The number of oxazole rings is 1. The lowest BCUT2D eigenvalue weighted by Crippen LogP contribution is -2.36. The Morgan fingerprint density at radius 2 is 2.16 bits per heavy atom. The average Bonchev–Trinajstić information content (AvgIpc) is 3.38. The van der Waals surface area contributed by atoms with Gasteiger partial charge in [-0.2, -0.15) is 0 Å². The molecule has 1 atom stereocenters. The molecule has 3 aromatic rings. The van der Waals surface area contributed by atoms with Crippen LogP contribution in [0.25, 0.3) is 22.6 Å². The van der Waals surface area contributed by atoms with E-state index in [0.717, 1.165) is 35.5 Å². The molecule has 1 aromatic heterocycles. The van der Waals surface area contributed by atoms with E-state index in [9.17, 15) is 4.79 Å². The maximum Gasteiger partial charge on any atom is 0.317 e. The van der Waals surface area contributed by atoms with Gasteiger partial charge in [0.15, 0.2) is 11.4 Å². The SMILES string of the molecule is Cc1c(-c2nc3cc4c(c(F)c3o2)CC[C@H]4NCC(=O)O)cccc1N1CCOCC1. The molecular weight excluding hydrogens is 401 g/mol. The molecule has 5 rings (SSSR count). The number of aliphatic carboxylic acids is 1. The van der Waals surface area contributed by atoms with Gasteiger partial charge in [0.05, 0.1) is 19.8 Å². The lowest BCUT2D eigenvalue weighted by atomic mass is 10.1. The van der Waals surface area contributed by atoms with Crippen molar-refractivity contribution in [2.45, 2.75) is 25.8 Å². The summed E-state index contributed by atoms with van der Waals surface area (Å²) in [7, 11) is 0. The van der Waals surface area contributed by atoms with Crippen LogP contribution in [0.3, 0.4) is 0 Å². The van der Waals surface area contributed by atoms with Crippen molar-refractivity contribution in [2.75, 3.05) is 37.7 Å². The first-order valence-electron chi connectivity index (χ1n) is 10.5. The van der Waals surface area contributed by atoms with Crippen LogP contribution in [0, 0.1) is 12.7 Å². The number of hydrogen-bond acceptors (Lipinski definition) is 6. The van der Waals surface area contributed by atoms with Gasteiger partial charge in [-0.3, -0.25) is 4.79 Å². The molecule has 2 aliphatic rings. The Labute approximate surface area is 178 Å². The highest BCUT2D eigenvalue weighted by molar-refractivity contribution is 5.81. The fourth-order valence-corrected chi connectivity index (χ4v) is 4.63. The third-order valence-corrected chi connectivity index (χ3v) is 6.20. The smallest absolute Gasteiger partial charge is 0.317 e. The van der Waals surface area contributed by atoms with Crippen molar-refractivity contribution in [1.82, 2.24) is 10.3 Å². The molecule has 2 aromatic carbocycles. The van der Waals surface area contributed by atoms with Gasteiger partial charge < -0.3 is 24.5 Å². The molecule has 0 radical (unpaired) electrons. The average molecular weight is 425 g/mol. The fourth-order valence-electron chi connectivity index (χ4n) is 4.63. The molecule has 0 unspecified atom stereocenters. The van der Waals surface area contributed by atoms with E-state index in [-0.39, 0.29) is 18.2 Å². The number of halogens is 1. The summed E-state index contributed by atoms with van der Waals surface area (Å²) >= 11 is 0. The van der Waals surface area contributed by atoms with E-state index in [0.29, 0.717) is 43.0 Å². The molecule has 0 bridgehead atoms. The Balaban J connectivity index is 1.53. The monoisotopic (exact) mass is 425 g/mol. The first-order valence-corrected chi connectivity index (χ1v) is 10.5.